The summed E-state index contributed by atoms with van der Waals surface area (Å²) in [6.45, 7) is 3.11. The normalized spacial score (nSPS) is 27.6. The quantitative estimate of drug-likeness (QED) is 0.889. The van der Waals surface area contributed by atoms with Gasteiger partial charge in [0.1, 0.15) is 5.82 Å². The third-order valence-electron chi connectivity index (χ3n) is 3.90. The van der Waals surface area contributed by atoms with Crippen LogP contribution in [0.5, 0.6) is 0 Å². The SMILES string of the molecule is Cl.Fc1cccc(CN2CCC3CCC(C2)N3)c1. The summed E-state index contributed by atoms with van der Waals surface area (Å²) >= 11 is 0. The van der Waals surface area contributed by atoms with Crippen molar-refractivity contribution < 1.29 is 4.39 Å². The van der Waals surface area contributed by atoms with E-state index in [-0.39, 0.29) is 18.2 Å². The van der Waals surface area contributed by atoms with Gasteiger partial charge in [0.2, 0.25) is 0 Å². The van der Waals surface area contributed by atoms with Crippen molar-refractivity contribution in [2.45, 2.75) is 37.9 Å². The van der Waals surface area contributed by atoms with Crippen LogP contribution >= 0.6 is 12.4 Å². The van der Waals surface area contributed by atoms with Crippen molar-refractivity contribution in [3.63, 3.8) is 0 Å². The molecule has 1 aromatic rings. The van der Waals surface area contributed by atoms with Crippen LogP contribution in [0.2, 0.25) is 0 Å². The minimum absolute atomic E-state index is 0. The van der Waals surface area contributed by atoms with Crippen molar-refractivity contribution in [1.82, 2.24) is 10.2 Å². The molecule has 18 heavy (non-hydrogen) atoms. The van der Waals surface area contributed by atoms with Crippen molar-refractivity contribution in [3.05, 3.63) is 35.6 Å². The minimum Gasteiger partial charge on any atom is -0.310 e. The Morgan fingerprint density at radius 1 is 1.22 bits per heavy atom. The van der Waals surface area contributed by atoms with Gasteiger partial charge in [-0.3, -0.25) is 4.90 Å². The summed E-state index contributed by atoms with van der Waals surface area (Å²) in [6, 6.07) is 8.34. The largest absolute Gasteiger partial charge is 0.310 e. The molecule has 100 valence electrons. The van der Waals surface area contributed by atoms with Crippen LogP contribution in [0.25, 0.3) is 0 Å². The van der Waals surface area contributed by atoms with Crippen LogP contribution in [-0.4, -0.2) is 30.1 Å². The van der Waals surface area contributed by atoms with Crippen molar-refractivity contribution >= 4 is 12.4 Å². The van der Waals surface area contributed by atoms with Crippen molar-refractivity contribution in [3.8, 4) is 0 Å². The highest BCUT2D eigenvalue weighted by Gasteiger charge is 2.28. The smallest absolute Gasteiger partial charge is 0.123 e. The number of nitrogens with one attached hydrogen (secondary N) is 1. The van der Waals surface area contributed by atoms with Gasteiger partial charge in [-0.2, -0.15) is 0 Å². The molecular formula is C14H20ClFN2. The lowest BCUT2D eigenvalue weighted by atomic mass is 10.1. The summed E-state index contributed by atoms with van der Waals surface area (Å²) in [6.07, 6.45) is 3.86. The maximum atomic E-state index is 13.1. The molecule has 4 heteroatoms. The third kappa shape index (κ3) is 3.22. The molecule has 2 bridgehead atoms. The number of nitrogens with zero attached hydrogens (tertiary/aromatic N) is 1. The predicted molar refractivity (Wildman–Crippen MR) is 73.5 cm³/mol. The highest BCUT2D eigenvalue weighted by Crippen LogP contribution is 2.21. The highest BCUT2D eigenvalue weighted by molar-refractivity contribution is 5.85. The Labute approximate surface area is 114 Å². The Hall–Kier alpha value is -0.640. The molecule has 0 aliphatic carbocycles. The van der Waals surface area contributed by atoms with Crippen LogP contribution in [0.3, 0.4) is 0 Å². The number of halogens is 2. The highest BCUT2D eigenvalue weighted by atomic mass is 35.5. The fraction of sp³-hybridized carbons (Fsp3) is 0.571. The van der Waals surface area contributed by atoms with Crippen molar-refractivity contribution in [1.29, 1.82) is 0 Å². The van der Waals surface area contributed by atoms with Crippen LogP contribution in [-0.2, 0) is 6.54 Å². The molecule has 1 N–H and O–H groups in total. The van der Waals surface area contributed by atoms with Crippen LogP contribution in [0.15, 0.2) is 24.3 Å². The first-order chi connectivity index (χ1) is 8.29. The summed E-state index contributed by atoms with van der Waals surface area (Å²) in [5.41, 5.74) is 1.09. The summed E-state index contributed by atoms with van der Waals surface area (Å²) in [4.78, 5) is 2.45. The fourth-order valence-corrected chi connectivity index (χ4v) is 3.05. The first-order valence-corrected chi connectivity index (χ1v) is 6.52. The second-order valence-corrected chi connectivity index (χ2v) is 5.29. The van der Waals surface area contributed by atoms with E-state index in [1.54, 1.807) is 12.1 Å². The zero-order chi connectivity index (χ0) is 11.7. The van der Waals surface area contributed by atoms with E-state index in [4.69, 9.17) is 0 Å². The zero-order valence-corrected chi connectivity index (χ0v) is 11.3. The molecule has 3 rings (SSSR count). The average Bonchev–Trinajstić information content (AvgIpc) is 2.63. The van der Waals surface area contributed by atoms with Gasteiger partial charge < -0.3 is 5.32 Å². The molecule has 2 heterocycles. The van der Waals surface area contributed by atoms with Gasteiger partial charge in [-0.25, -0.2) is 4.39 Å². The molecule has 2 atom stereocenters. The van der Waals surface area contributed by atoms with Gasteiger partial charge >= 0.3 is 0 Å². The lowest BCUT2D eigenvalue weighted by Gasteiger charge is -2.23. The van der Waals surface area contributed by atoms with Crippen molar-refractivity contribution in [2.75, 3.05) is 13.1 Å². The average molecular weight is 271 g/mol. The fourth-order valence-electron chi connectivity index (χ4n) is 3.05. The molecule has 2 aliphatic heterocycles. The molecule has 0 spiro atoms. The summed E-state index contributed by atoms with van der Waals surface area (Å²) in [5, 5.41) is 3.66. The second kappa shape index (κ2) is 6.00. The molecule has 2 fully saturated rings. The predicted octanol–water partition coefficient (Wildman–Crippen LogP) is 2.57. The topological polar surface area (TPSA) is 15.3 Å². The maximum absolute atomic E-state index is 13.1. The molecule has 0 amide bonds. The maximum Gasteiger partial charge on any atom is 0.123 e. The molecule has 1 aromatic carbocycles. The molecule has 2 aliphatic rings. The first-order valence-electron chi connectivity index (χ1n) is 6.52. The van der Waals surface area contributed by atoms with Crippen LogP contribution in [0, 0.1) is 5.82 Å². The van der Waals surface area contributed by atoms with E-state index >= 15 is 0 Å². The van der Waals surface area contributed by atoms with Gasteiger partial charge in [0.25, 0.3) is 0 Å². The van der Waals surface area contributed by atoms with Gasteiger partial charge in [-0.1, -0.05) is 12.1 Å². The number of hydrogen-bond donors (Lipinski definition) is 1. The second-order valence-electron chi connectivity index (χ2n) is 5.29. The van der Waals surface area contributed by atoms with Crippen LogP contribution in [0.4, 0.5) is 4.39 Å². The van der Waals surface area contributed by atoms with Gasteiger partial charge in [-0.05, 0) is 37.0 Å². The molecule has 2 saturated heterocycles. The Morgan fingerprint density at radius 2 is 2.06 bits per heavy atom. The molecule has 2 unspecified atom stereocenters. The lowest BCUT2D eigenvalue weighted by Crippen LogP contribution is -2.34. The summed E-state index contributed by atoms with van der Waals surface area (Å²) in [5.74, 6) is -0.128. The van der Waals surface area contributed by atoms with E-state index in [1.165, 1.54) is 25.3 Å². The molecule has 0 radical (unpaired) electrons. The van der Waals surface area contributed by atoms with E-state index < -0.39 is 0 Å². The van der Waals surface area contributed by atoms with E-state index in [1.807, 2.05) is 6.07 Å². The Morgan fingerprint density at radius 3 is 2.89 bits per heavy atom. The minimum atomic E-state index is -0.128. The number of rotatable bonds is 2. The Balaban J connectivity index is 0.00000120. The number of benzene rings is 1. The Kier molecular flexibility index (Phi) is 4.60. The number of likely N-dealkylation sites (tertiary alicyclic amines) is 1. The van der Waals surface area contributed by atoms with E-state index in [0.717, 1.165) is 31.2 Å². The standard InChI is InChI=1S/C14H19FN2.ClH/c15-12-3-1-2-11(8-12)9-17-7-6-13-4-5-14(10-17)16-13;/h1-3,8,13-14,16H,4-7,9-10H2;1H. The molecule has 0 aromatic heterocycles. The first kappa shape index (κ1) is 13.8. The monoisotopic (exact) mass is 270 g/mol. The molecule has 2 nitrogen and oxygen atoms in total. The van der Waals surface area contributed by atoms with Crippen molar-refractivity contribution in [2.24, 2.45) is 0 Å². The zero-order valence-electron chi connectivity index (χ0n) is 10.4. The molecule has 0 saturated carbocycles. The summed E-state index contributed by atoms with van der Waals surface area (Å²) < 4.78 is 13.1. The Bertz CT molecular complexity index is 399. The van der Waals surface area contributed by atoms with Gasteiger partial charge in [-0.15, -0.1) is 12.4 Å². The van der Waals surface area contributed by atoms with Gasteiger partial charge in [0, 0.05) is 31.7 Å². The van der Waals surface area contributed by atoms with Crippen LogP contribution in [0.1, 0.15) is 24.8 Å². The number of fused-ring (bicyclic) bond motifs is 2. The van der Waals surface area contributed by atoms with E-state index in [2.05, 4.69) is 10.2 Å². The molecular weight excluding hydrogens is 251 g/mol. The van der Waals surface area contributed by atoms with Crippen LogP contribution < -0.4 is 5.32 Å². The van der Waals surface area contributed by atoms with Gasteiger partial charge in [0.05, 0.1) is 0 Å². The number of hydrogen-bond acceptors (Lipinski definition) is 2. The third-order valence-corrected chi connectivity index (χ3v) is 3.90. The van der Waals surface area contributed by atoms with E-state index in [9.17, 15) is 4.39 Å². The lowest BCUT2D eigenvalue weighted by molar-refractivity contribution is 0.250. The summed E-state index contributed by atoms with van der Waals surface area (Å²) in [7, 11) is 0. The van der Waals surface area contributed by atoms with Gasteiger partial charge in [0.15, 0.2) is 0 Å². The van der Waals surface area contributed by atoms with E-state index in [0.29, 0.717) is 6.04 Å².